The predicted molar refractivity (Wildman–Crippen MR) is 524 cm³/mol. The minimum atomic E-state index is -0.0554. The highest BCUT2D eigenvalue weighted by molar-refractivity contribution is 7.26. The second-order valence-corrected chi connectivity index (χ2v) is 37.4. The van der Waals surface area contributed by atoms with E-state index in [2.05, 4.69) is 425 Å². The van der Waals surface area contributed by atoms with E-state index in [0.29, 0.717) is 0 Å². The molecule has 6 heterocycles. The molecule has 24 aromatic rings. The van der Waals surface area contributed by atoms with Crippen molar-refractivity contribution in [2.45, 2.75) is 57.8 Å². The van der Waals surface area contributed by atoms with Crippen LogP contribution >= 0.6 is 22.7 Å². The van der Waals surface area contributed by atoms with E-state index < -0.39 is 0 Å². The molecule has 0 unspecified atom stereocenters. The second-order valence-electron chi connectivity index (χ2n) is 35.3. The summed E-state index contributed by atoms with van der Waals surface area (Å²) in [5.74, 6) is 0. The van der Waals surface area contributed by atoms with E-state index in [-0.39, 0.29) is 16.2 Å². The predicted octanol–water partition coefficient (Wildman–Crippen LogP) is 32.9. The van der Waals surface area contributed by atoms with E-state index in [1.807, 2.05) is 34.8 Å². The molecule has 18 aromatic carbocycles. The van der Waals surface area contributed by atoms with Gasteiger partial charge in [0.1, 0.15) is 11.2 Å². The Morgan fingerprint density at radius 2 is 0.537 bits per heavy atom. The van der Waals surface area contributed by atoms with Gasteiger partial charge in [0.15, 0.2) is 0 Å². The first-order chi connectivity index (χ1) is 60.3. The number of hydrogen-bond acceptors (Lipinski definition) is 3. The Hall–Kier alpha value is -14.4. The summed E-state index contributed by atoms with van der Waals surface area (Å²) in [7, 11) is 0. The van der Waals surface area contributed by atoms with Crippen LogP contribution in [0.25, 0.3) is 212 Å². The van der Waals surface area contributed by atoms with Crippen LogP contribution in [0.4, 0.5) is 0 Å². The number of benzene rings is 18. The van der Waals surface area contributed by atoms with Crippen LogP contribution in [0, 0.1) is 0 Å². The van der Waals surface area contributed by atoms with Crippen molar-refractivity contribution in [1.82, 2.24) is 13.7 Å². The number of furan rings is 1. The lowest BCUT2D eigenvalue weighted by Crippen LogP contribution is -2.14. The summed E-state index contributed by atoms with van der Waals surface area (Å²) in [4.78, 5) is 0. The van der Waals surface area contributed by atoms with Gasteiger partial charge in [-0.25, -0.2) is 0 Å². The van der Waals surface area contributed by atoms with Crippen molar-refractivity contribution in [1.29, 1.82) is 0 Å². The highest BCUT2D eigenvalue weighted by atomic mass is 32.1. The monoisotopic (exact) mass is 1610 g/mol. The number of para-hydroxylation sites is 5. The smallest absolute Gasteiger partial charge is 0.143 e. The van der Waals surface area contributed by atoms with E-state index in [1.165, 1.54) is 206 Å². The molecule has 0 spiro atoms. The summed E-state index contributed by atoms with van der Waals surface area (Å²) < 4.78 is 19.2. The minimum absolute atomic E-state index is 0.0335. The normalized spacial score (nSPS) is 13.8. The van der Waals surface area contributed by atoms with Crippen molar-refractivity contribution >= 4 is 150 Å². The van der Waals surface area contributed by atoms with Crippen molar-refractivity contribution in [2.24, 2.45) is 0 Å². The average molecular weight is 1610 g/mol. The highest BCUT2D eigenvalue weighted by Crippen LogP contribution is 2.56. The van der Waals surface area contributed by atoms with Gasteiger partial charge >= 0.3 is 0 Å². The molecule has 0 saturated carbocycles. The van der Waals surface area contributed by atoms with Crippen LogP contribution in [-0.2, 0) is 16.2 Å². The summed E-state index contributed by atoms with van der Waals surface area (Å²) in [6.07, 6.45) is 0. The Bertz CT molecular complexity index is 8280. The van der Waals surface area contributed by atoms with Gasteiger partial charge in [0.05, 0.1) is 33.1 Å². The average Bonchev–Trinajstić information content (AvgIpc) is 1.56. The first-order valence-electron chi connectivity index (χ1n) is 42.8. The zero-order valence-electron chi connectivity index (χ0n) is 68.9. The summed E-state index contributed by atoms with van der Waals surface area (Å²) in [5, 5.41) is 15.4. The molecule has 6 aromatic heterocycles. The Labute approximate surface area is 720 Å². The zero-order chi connectivity index (χ0) is 81.9. The highest BCUT2D eigenvalue weighted by Gasteiger charge is 2.40. The van der Waals surface area contributed by atoms with Crippen LogP contribution in [-0.4, -0.2) is 13.7 Å². The molecule has 0 aliphatic heterocycles. The minimum Gasteiger partial charge on any atom is -0.455 e. The maximum atomic E-state index is 6.41. The second kappa shape index (κ2) is 26.8. The van der Waals surface area contributed by atoms with E-state index in [1.54, 1.807) is 0 Å². The van der Waals surface area contributed by atoms with Crippen LogP contribution in [0.5, 0.6) is 0 Å². The van der Waals surface area contributed by atoms with E-state index in [4.69, 9.17) is 4.42 Å². The van der Waals surface area contributed by atoms with Gasteiger partial charge in [0, 0.05) is 122 Å². The number of aromatic nitrogens is 3. The third kappa shape index (κ3) is 10.6. The van der Waals surface area contributed by atoms with E-state index >= 15 is 0 Å². The lowest BCUT2D eigenvalue weighted by Gasteiger charge is -2.21. The van der Waals surface area contributed by atoms with Crippen LogP contribution in [0.15, 0.2) is 387 Å². The third-order valence-electron chi connectivity index (χ3n) is 27.6. The lowest BCUT2D eigenvalue weighted by molar-refractivity contribution is 0.661. The summed E-state index contributed by atoms with van der Waals surface area (Å²) >= 11 is 3.78. The van der Waals surface area contributed by atoms with Gasteiger partial charge in [-0.3, -0.25) is 0 Å². The van der Waals surface area contributed by atoms with E-state index in [9.17, 15) is 0 Å². The fraction of sp³-hybridized carbons (Fsp3) is 0.0769. The number of rotatable bonds is 6. The molecule has 0 saturated heterocycles. The standard InChI is InChI=1S/C39H27NO.2C39H27NS/c2*1-39(2)33-18-6-3-13-27(33)31-22-32-28-14-4-7-19-35(28)40(36(32)23-34(31)39)25-12-9-11-24(21-25)26-16-10-17-30-29-15-5-8-20-37(29)41-38(26)30;1-39(2)33-15-6-3-10-27(33)31-22-32-28-11-4-7-16-35(28)40(36(32)23-34(31)39)25-20-18-24(19-21-25)26-13-9-14-30-29-12-5-8-17-37(29)41-38(26)30/h3*3-23H,1-2H3. The Morgan fingerprint density at radius 1 is 0.203 bits per heavy atom. The maximum absolute atomic E-state index is 6.41. The van der Waals surface area contributed by atoms with Crippen LogP contribution in [0.1, 0.15) is 74.9 Å². The fourth-order valence-corrected chi connectivity index (χ4v) is 24.1. The largest absolute Gasteiger partial charge is 0.455 e. The van der Waals surface area contributed by atoms with Crippen LogP contribution in [0.2, 0.25) is 0 Å². The first-order valence-corrected chi connectivity index (χ1v) is 44.5. The van der Waals surface area contributed by atoms with Crippen LogP contribution < -0.4 is 0 Å². The molecular weight excluding hydrogens is 1530 g/mol. The van der Waals surface area contributed by atoms with Gasteiger partial charge in [-0.05, 0) is 204 Å². The molecule has 0 fully saturated rings. The van der Waals surface area contributed by atoms with Crippen molar-refractivity contribution in [2.75, 3.05) is 0 Å². The molecule has 3 aliphatic carbocycles. The van der Waals surface area contributed by atoms with Gasteiger partial charge in [-0.15, -0.1) is 22.7 Å². The number of fused-ring (bicyclic) bond motifs is 27. The lowest BCUT2D eigenvalue weighted by atomic mass is 9.82. The molecule has 3 aliphatic rings. The molecule has 0 amide bonds. The van der Waals surface area contributed by atoms with Gasteiger partial charge in [0.25, 0.3) is 0 Å². The van der Waals surface area contributed by atoms with Crippen LogP contribution in [0.3, 0.4) is 0 Å². The molecule has 27 rings (SSSR count). The molecule has 0 bridgehead atoms. The van der Waals surface area contributed by atoms with Crippen molar-refractivity contribution in [3.63, 3.8) is 0 Å². The molecule has 582 valence electrons. The van der Waals surface area contributed by atoms with Crippen molar-refractivity contribution in [3.05, 3.63) is 416 Å². The quantitative estimate of drug-likeness (QED) is 0.163. The number of thiophene rings is 2. The Balaban J connectivity index is 0.000000101. The van der Waals surface area contributed by atoms with Crippen molar-refractivity contribution < 1.29 is 4.42 Å². The number of nitrogens with zero attached hydrogens (tertiary/aromatic N) is 3. The Kier molecular flexibility index (Phi) is 15.6. The summed E-state index contributed by atoms with van der Waals surface area (Å²) in [5.41, 5.74) is 36.7. The van der Waals surface area contributed by atoms with Gasteiger partial charge < -0.3 is 18.1 Å². The zero-order valence-corrected chi connectivity index (χ0v) is 70.6. The molecule has 0 atom stereocenters. The fourth-order valence-electron chi connectivity index (χ4n) is 21.7. The van der Waals surface area contributed by atoms with E-state index in [0.717, 1.165) is 38.8 Å². The number of hydrogen-bond donors (Lipinski definition) is 0. The Morgan fingerprint density at radius 3 is 0.992 bits per heavy atom. The SMILES string of the molecule is CC1(C)c2ccccc2-c2cc3c4ccccc4n(-c4ccc(-c5cccc6c5sc5ccccc56)cc4)c3cc21.CC1(C)c2ccccc2-c2cc3c4ccccc4n(-c4cccc(-c5cccc6c5oc5ccccc56)c4)c3cc21.CC1(C)c2ccccc2-c2cc3c4ccccc4n(-c4cccc(-c5cccc6c5sc5ccccc56)c4)c3cc21. The van der Waals surface area contributed by atoms with Crippen molar-refractivity contribution in [3.8, 4) is 83.8 Å². The van der Waals surface area contributed by atoms with Gasteiger partial charge in [-0.2, -0.15) is 0 Å². The molecule has 0 radical (unpaired) electrons. The molecule has 4 nitrogen and oxygen atoms in total. The van der Waals surface area contributed by atoms with Gasteiger partial charge in [-0.1, -0.05) is 315 Å². The third-order valence-corrected chi connectivity index (χ3v) is 30.0. The molecule has 0 N–H and O–H groups in total. The summed E-state index contributed by atoms with van der Waals surface area (Å²) in [6, 6.07) is 141. The topological polar surface area (TPSA) is 27.9 Å². The summed E-state index contributed by atoms with van der Waals surface area (Å²) in [6.45, 7) is 14.2. The maximum Gasteiger partial charge on any atom is 0.143 e. The first kappa shape index (κ1) is 71.5. The van der Waals surface area contributed by atoms with Gasteiger partial charge in [0.2, 0.25) is 0 Å². The molecule has 6 heteroatoms. The molecular formula is C117H81N3OS2. The molecule has 123 heavy (non-hydrogen) atoms.